The van der Waals surface area contributed by atoms with Crippen molar-refractivity contribution in [3.8, 4) is 0 Å². The lowest BCUT2D eigenvalue weighted by Gasteiger charge is -2.11. The maximum Gasteiger partial charge on any atom is 0.417 e. The molecule has 1 N–H and O–H groups in total. The van der Waals surface area contributed by atoms with Crippen LogP contribution in [0.15, 0.2) is 34.1 Å². The van der Waals surface area contributed by atoms with Crippen LogP contribution in [0.1, 0.15) is 15.9 Å². The molecule has 106 valence electrons. The van der Waals surface area contributed by atoms with Crippen LogP contribution in [-0.2, 0) is 6.18 Å². The van der Waals surface area contributed by atoms with Crippen LogP contribution in [0, 0.1) is 2.88 Å². The first-order valence-corrected chi connectivity index (χ1v) is 7.94. The van der Waals surface area contributed by atoms with Gasteiger partial charge in [-0.05, 0) is 46.9 Å². The van der Waals surface area contributed by atoms with E-state index in [0.717, 1.165) is 8.95 Å². The number of hydrogen-bond donors (Lipinski definition) is 1. The first-order chi connectivity index (χ1) is 9.27. The molecule has 8 heteroatoms. The summed E-state index contributed by atoms with van der Waals surface area (Å²) >= 11 is 6.31. The van der Waals surface area contributed by atoms with E-state index in [-0.39, 0.29) is 10.2 Å². The number of halogens is 5. The van der Waals surface area contributed by atoms with Gasteiger partial charge in [0.05, 0.1) is 14.0 Å². The minimum atomic E-state index is -4.47. The van der Waals surface area contributed by atoms with Crippen LogP contribution in [0.3, 0.4) is 0 Å². The van der Waals surface area contributed by atoms with Gasteiger partial charge >= 0.3 is 6.18 Å². The van der Waals surface area contributed by atoms with Crippen molar-refractivity contribution in [2.24, 2.45) is 0 Å². The Labute approximate surface area is 138 Å². The Morgan fingerprint density at radius 2 is 2.00 bits per heavy atom. The molecule has 0 saturated carbocycles. The van der Waals surface area contributed by atoms with E-state index in [1.54, 1.807) is 11.4 Å². The molecule has 0 aliphatic rings. The Morgan fingerprint density at radius 3 is 2.55 bits per heavy atom. The standard InChI is InChI=1S/C12H6BrF3INOS/c13-9-2-1-7(4-8(9)12(14,15)16)18-11(19)6-3-10(17)20-5-6/h1-5H,(H,18,19). The second-order valence-corrected chi connectivity index (χ2v) is 7.45. The zero-order chi connectivity index (χ0) is 14.9. The van der Waals surface area contributed by atoms with Crippen LogP contribution in [-0.4, -0.2) is 5.91 Å². The van der Waals surface area contributed by atoms with Crippen molar-refractivity contribution in [2.45, 2.75) is 6.18 Å². The lowest BCUT2D eigenvalue weighted by atomic mass is 10.2. The third-order valence-corrected chi connectivity index (χ3v) is 4.84. The normalized spacial score (nSPS) is 11.4. The largest absolute Gasteiger partial charge is 0.417 e. The summed E-state index contributed by atoms with van der Waals surface area (Å²) in [5, 5.41) is 4.11. The summed E-state index contributed by atoms with van der Waals surface area (Å²) in [6.45, 7) is 0. The van der Waals surface area contributed by atoms with E-state index >= 15 is 0 Å². The second kappa shape index (κ2) is 6.02. The molecule has 1 aromatic heterocycles. The van der Waals surface area contributed by atoms with Gasteiger partial charge in [0.2, 0.25) is 0 Å². The van der Waals surface area contributed by atoms with Crippen molar-refractivity contribution < 1.29 is 18.0 Å². The number of thiophene rings is 1. The van der Waals surface area contributed by atoms with Crippen LogP contribution >= 0.6 is 49.9 Å². The topological polar surface area (TPSA) is 29.1 Å². The molecule has 0 unspecified atom stereocenters. The first kappa shape index (κ1) is 15.8. The highest BCUT2D eigenvalue weighted by molar-refractivity contribution is 14.1. The predicted octanol–water partition coefficient (Wildman–Crippen LogP) is 5.39. The molecule has 20 heavy (non-hydrogen) atoms. The SMILES string of the molecule is O=C(Nc1ccc(Br)c(C(F)(F)F)c1)c1csc(I)c1. The number of nitrogens with one attached hydrogen (secondary N) is 1. The molecule has 0 spiro atoms. The van der Waals surface area contributed by atoms with E-state index in [9.17, 15) is 18.0 Å². The van der Waals surface area contributed by atoms with Gasteiger partial charge in [-0.3, -0.25) is 4.79 Å². The lowest BCUT2D eigenvalue weighted by molar-refractivity contribution is -0.138. The minimum Gasteiger partial charge on any atom is -0.322 e. The molecule has 0 radical (unpaired) electrons. The first-order valence-electron chi connectivity index (χ1n) is 5.19. The smallest absolute Gasteiger partial charge is 0.322 e. The molecule has 1 amide bonds. The summed E-state index contributed by atoms with van der Waals surface area (Å²) in [4.78, 5) is 11.9. The van der Waals surface area contributed by atoms with Crippen molar-refractivity contribution in [1.82, 2.24) is 0 Å². The molecule has 0 saturated heterocycles. The highest BCUT2D eigenvalue weighted by Gasteiger charge is 2.33. The molecule has 2 rings (SSSR count). The average molecular weight is 476 g/mol. The molecule has 1 aromatic carbocycles. The summed E-state index contributed by atoms with van der Waals surface area (Å²) in [7, 11) is 0. The molecule has 0 aliphatic heterocycles. The average Bonchev–Trinajstić information content (AvgIpc) is 2.77. The number of carbonyl (C=O) groups is 1. The number of carbonyl (C=O) groups excluding carboxylic acids is 1. The van der Waals surface area contributed by atoms with E-state index in [4.69, 9.17) is 0 Å². The molecular formula is C12H6BrF3INOS. The molecule has 0 atom stereocenters. The predicted molar refractivity (Wildman–Crippen MR) is 84.1 cm³/mol. The van der Waals surface area contributed by atoms with E-state index < -0.39 is 17.6 Å². The van der Waals surface area contributed by atoms with E-state index in [0.29, 0.717) is 5.56 Å². The Bertz CT molecular complexity index is 656. The fourth-order valence-corrected chi connectivity index (χ4v) is 3.25. The van der Waals surface area contributed by atoms with Gasteiger partial charge in [-0.2, -0.15) is 13.2 Å². The zero-order valence-electron chi connectivity index (χ0n) is 9.59. The van der Waals surface area contributed by atoms with Crippen LogP contribution in [0.25, 0.3) is 0 Å². The second-order valence-electron chi connectivity index (χ2n) is 3.79. The van der Waals surface area contributed by atoms with Crippen molar-refractivity contribution >= 4 is 61.5 Å². The summed E-state index contributed by atoms with van der Waals surface area (Å²) in [5.74, 6) is -0.431. The van der Waals surface area contributed by atoms with Gasteiger partial charge in [-0.1, -0.05) is 15.9 Å². The highest BCUT2D eigenvalue weighted by atomic mass is 127. The quantitative estimate of drug-likeness (QED) is 0.580. The van der Waals surface area contributed by atoms with Gasteiger partial charge < -0.3 is 5.32 Å². The Morgan fingerprint density at radius 1 is 1.30 bits per heavy atom. The number of alkyl halides is 3. The van der Waals surface area contributed by atoms with Gasteiger partial charge in [0.15, 0.2) is 0 Å². The minimum absolute atomic E-state index is 0.0620. The van der Waals surface area contributed by atoms with Crippen molar-refractivity contribution in [3.05, 3.63) is 48.1 Å². The molecular weight excluding hydrogens is 470 g/mol. The summed E-state index contributed by atoms with van der Waals surface area (Å²) in [5.41, 5.74) is -0.294. The fourth-order valence-electron chi connectivity index (χ4n) is 1.45. The van der Waals surface area contributed by atoms with Crippen LogP contribution in [0.2, 0.25) is 0 Å². The van der Waals surface area contributed by atoms with Crippen LogP contribution in [0.5, 0.6) is 0 Å². The van der Waals surface area contributed by atoms with Gasteiger partial charge in [0.1, 0.15) is 0 Å². The number of rotatable bonds is 2. The van der Waals surface area contributed by atoms with E-state index in [1.165, 1.54) is 23.5 Å². The molecule has 0 bridgehead atoms. The maximum atomic E-state index is 12.8. The third kappa shape index (κ3) is 3.73. The van der Waals surface area contributed by atoms with Crippen molar-refractivity contribution in [3.63, 3.8) is 0 Å². The Hall–Kier alpha value is -0.610. The van der Waals surface area contributed by atoms with Crippen molar-refractivity contribution in [2.75, 3.05) is 5.32 Å². The fraction of sp³-hybridized carbons (Fsp3) is 0.0833. The van der Waals surface area contributed by atoms with E-state index in [1.807, 2.05) is 0 Å². The highest BCUT2D eigenvalue weighted by Crippen LogP contribution is 2.36. The Balaban J connectivity index is 2.24. The molecule has 2 nitrogen and oxygen atoms in total. The van der Waals surface area contributed by atoms with Gasteiger partial charge in [0.25, 0.3) is 5.91 Å². The van der Waals surface area contributed by atoms with Crippen molar-refractivity contribution in [1.29, 1.82) is 0 Å². The summed E-state index contributed by atoms with van der Waals surface area (Å²) in [6, 6.07) is 5.24. The Kier molecular flexibility index (Phi) is 4.75. The number of benzene rings is 1. The molecule has 0 aliphatic carbocycles. The molecule has 1 heterocycles. The van der Waals surface area contributed by atoms with Crippen LogP contribution in [0.4, 0.5) is 18.9 Å². The molecule has 0 fully saturated rings. The zero-order valence-corrected chi connectivity index (χ0v) is 14.2. The van der Waals surface area contributed by atoms with Gasteiger partial charge in [-0.15, -0.1) is 11.3 Å². The maximum absolute atomic E-state index is 12.8. The van der Waals surface area contributed by atoms with Gasteiger partial charge in [0, 0.05) is 15.5 Å². The molecule has 2 aromatic rings. The number of hydrogen-bond acceptors (Lipinski definition) is 2. The van der Waals surface area contributed by atoms with E-state index in [2.05, 4.69) is 43.8 Å². The number of anilines is 1. The lowest BCUT2D eigenvalue weighted by Crippen LogP contribution is -2.12. The summed E-state index contributed by atoms with van der Waals surface area (Å²) < 4.78 is 39.1. The van der Waals surface area contributed by atoms with Gasteiger partial charge in [-0.25, -0.2) is 0 Å². The summed E-state index contributed by atoms with van der Waals surface area (Å²) in [6.07, 6.45) is -4.47. The number of amides is 1. The van der Waals surface area contributed by atoms with Crippen LogP contribution < -0.4 is 5.32 Å². The third-order valence-electron chi connectivity index (χ3n) is 2.36. The monoisotopic (exact) mass is 475 g/mol.